The van der Waals surface area contributed by atoms with Gasteiger partial charge in [0.15, 0.2) is 0 Å². The molecule has 0 aliphatic heterocycles. The Balaban J connectivity index is 2.38. The zero-order chi connectivity index (χ0) is 9.97. The molecule has 5 nitrogen and oxygen atoms in total. The second-order valence-corrected chi connectivity index (χ2v) is 2.69. The van der Waals surface area contributed by atoms with Gasteiger partial charge in [0.2, 0.25) is 0 Å². The van der Waals surface area contributed by atoms with E-state index in [1.165, 1.54) is 7.11 Å². The lowest BCUT2D eigenvalue weighted by Gasteiger charge is -2.01. The minimum atomic E-state index is -0.504. The molecule has 0 aromatic carbocycles. The van der Waals surface area contributed by atoms with Crippen LogP contribution in [0, 0.1) is 0 Å². The zero-order valence-corrected chi connectivity index (χ0v) is 7.60. The predicted molar refractivity (Wildman–Crippen MR) is 51.2 cm³/mol. The molecule has 1 amide bonds. The number of methoxy groups -OCH3 is 1. The summed E-state index contributed by atoms with van der Waals surface area (Å²) < 4.78 is 6.24. The van der Waals surface area contributed by atoms with Crippen molar-refractivity contribution in [1.29, 1.82) is 0 Å². The fraction of sp³-hybridized carbons (Fsp3) is 0.111. The Hall–Kier alpha value is -2.04. The number of rotatable bonds is 1. The summed E-state index contributed by atoms with van der Waals surface area (Å²) in [6.07, 6.45) is 2.88. The van der Waals surface area contributed by atoms with Crippen LogP contribution in [-0.2, 0) is 4.74 Å². The highest BCUT2D eigenvalue weighted by atomic mass is 16.5. The van der Waals surface area contributed by atoms with Crippen molar-refractivity contribution in [2.75, 3.05) is 12.4 Å². The van der Waals surface area contributed by atoms with E-state index in [-0.39, 0.29) is 0 Å². The highest BCUT2D eigenvalue weighted by molar-refractivity contribution is 5.83. The second-order valence-electron chi connectivity index (χ2n) is 2.69. The quantitative estimate of drug-likeness (QED) is 0.743. The van der Waals surface area contributed by atoms with E-state index in [9.17, 15) is 4.79 Å². The number of hydrogen-bond acceptors (Lipinski definition) is 3. The average Bonchev–Trinajstić information content (AvgIpc) is 2.62. The summed E-state index contributed by atoms with van der Waals surface area (Å²) in [4.78, 5) is 15.0. The van der Waals surface area contributed by atoms with E-state index < -0.39 is 6.09 Å². The number of pyridine rings is 1. The van der Waals surface area contributed by atoms with Gasteiger partial charge in [-0.2, -0.15) is 0 Å². The first-order valence-corrected chi connectivity index (χ1v) is 4.08. The molecule has 2 rings (SSSR count). The van der Waals surface area contributed by atoms with E-state index in [0.29, 0.717) is 5.82 Å². The summed E-state index contributed by atoms with van der Waals surface area (Å²) in [6.45, 7) is 0. The van der Waals surface area contributed by atoms with Gasteiger partial charge in [-0.25, -0.2) is 9.78 Å². The van der Waals surface area contributed by atoms with Gasteiger partial charge in [0.25, 0.3) is 0 Å². The van der Waals surface area contributed by atoms with Gasteiger partial charge in [-0.05, 0) is 12.1 Å². The molecule has 0 unspecified atom stereocenters. The molecule has 5 heteroatoms. The van der Waals surface area contributed by atoms with Crippen LogP contribution >= 0.6 is 0 Å². The van der Waals surface area contributed by atoms with Gasteiger partial charge >= 0.3 is 6.09 Å². The first-order valence-electron chi connectivity index (χ1n) is 4.08. The van der Waals surface area contributed by atoms with E-state index >= 15 is 0 Å². The Kier molecular flexibility index (Phi) is 2.06. The standard InChI is InChI=1S/C9H9N3O2/c1-14-9(13)11-8-6-10-7-4-2-3-5-12(7)8/h2-6H,1H3,(H,11,13). The van der Waals surface area contributed by atoms with Gasteiger partial charge in [0.05, 0.1) is 13.3 Å². The molecule has 2 aromatic heterocycles. The van der Waals surface area contributed by atoms with Gasteiger partial charge in [0.1, 0.15) is 11.5 Å². The van der Waals surface area contributed by atoms with Crippen LogP contribution in [0.5, 0.6) is 0 Å². The third-order valence-corrected chi connectivity index (χ3v) is 1.83. The summed E-state index contributed by atoms with van der Waals surface area (Å²) >= 11 is 0. The summed E-state index contributed by atoms with van der Waals surface area (Å²) in [5, 5.41) is 2.55. The first-order chi connectivity index (χ1) is 6.81. The molecule has 0 aliphatic carbocycles. The molecule has 2 aromatic rings. The molecule has 0 saturated carbocycles. The Morgan fingerprint density at radius 3 is 3.21 bits per heavy atom. The largest absolute Gasteiger partial charge is 0.453 e. The molecule has 0 radical (unpaired) electrons. The normalized spacial score (nSPS) is 10.1. The summed E-state index contributed by atoms with van der Waals surface area (Å²) in [7, 11) is 1.32. The minimum absolute atomic E-state index is 0.504. The molecular weight excluding hydrogens is 182 g/mol. The monoisotopic (exact) mass is 191 g/mol. The van der Waals surface area contributed by atoms with Gasteiger partial charge < -0.3 is 4.74 Å². The van der Waals surface area contributed by atoms with E-state index in [0.717, 1.165) is 5.65 Å². The Bertz CT molecular complexity index is 464. The molecule has 14 heavy (non-hydrogen) atoms. The average molecular weight is 191 g/mol. The van der Waals surface area contributed by atoms with Crippen molar-refractivity contribution < 1.29 is 9.53 Å². The molecule has 0 aliphatic rings. The number of amides is 1. The van der Waals surface area contributed by atoms with Crippen molar-refractivity contribution in [2.45, 2.75) is 0 Å². The maximum Gasteiger partial charge on any atom is 0.412 e. The van der Waals surface area contributed by atoms with Crippen molar-refractivity contribution in [3.63, 3.8) is 0 Å². The molecular formula is C9H9N3O2. The van der Waals surface area contributed by atoms with Crippen LogP contribution in [0.4, 0.5) is 10.6 Å². The molecule has 0 bridgehead atoms. The fourth-order valence-electron chi connectivity index (χ4n) is 1.18. The number of hydrogen-bond donors (Lipinski definition) is 1. The van der Waals surface area contributed by atoms with Crippen LogP contribution in [0.3, 0.4) is 0 Å². The van der Waals surface area contributed by atoms with E-state index in [2.05, 4.69) is 15.0 Å². The molecule has 0 atom stereocenters. The molecule has 72 valence electrons. The number of aromatic nitrogens is 2. The topological polar surface area (TPSA) is 55.6 Å². The SMILES string of the molecule is COC(=O)Nc1cnc2ccccn12. The Morgan fingerprint density at radius 1 is 1.57 bits per heavy atom. The maximum absolute atomic E-state index is 10.9. The van der Waals surface area contributed by atoms with Crippen LogP contribution in [0.2, 0.25) is 0 Å². The number of anilines is 1. The third kappa shape index (κ3) is 1.39. The van der Waals surface area contributed by atoms with Crippen LogP contribution in [0.15, 0.2) is 30.6 Å². The minimum Gasteiger partial charge on any atom is -0.453 e. The number of imidazole rings is 1. The number of carbonyl (C=O) groups is 1. The lowest BCUT2D eigenvalue weighted by molar-refractivity contribution is 0.187. The number of nitrogens with one attached hydrogen (secondary N) is 1. The number of ether oxygens (including phenoxy) is 1. The predicted octanol–water partition coefficient (Wildman–Crippen LogP) is 1.51. The lowest BCUT2D eigenvalue weighted by atomic mass is 10.5. The molecule has 2 heterocycles. The third-order valence-electron chi connectivity index (χ3n) is 1.83. The molecule has 0 spiro atoms. The number of carbonyl (C=O) groups excluding carboxylic acids is 1. The first kappa shape index (κ1) is 8.55. The van der Waals surface area contributed by atoms with Crippen molar-refractivity contribution in [3.8, 4) is 0 Å². The Morgan fingerprint density at radius 2 is 2.43 bits per heavy atom. The smallest absolute Gasteiger partial charge is 0.412 e. The highest BCUT2D eigenvalue weighted by Gasteiger charge is 2.05. The van der Waals surface area contributed by atoms with Crippen LogP contribution in [0.1, 0.15) is 0 Å². The molecule has 0 fully saturated rings. The van der Waals surface area contributed by atoms with Crippen LogP contribution in [0.25, 0.3) is 5.65 Å². The summed E-state index contributed by atoms with van der Waals surface area (Å²) in [6, 6.07) is 5.59. The van der Waals surface area contributed by atoms with Gasteiger partial charge in [0, 0.05) is 6.20 Å². The summed E-state index contributed by atoms with van der Waals surface area (Å²) in [5.74, 6) is 0.590. The van der Waals surface area contributed by atoms with Crippen LogP contribution in [-0.4, -0.2) is 22.6 Å². The second kappa shape index (κ2) is 3.37. The molecule has 1 N–H and O–H groups in total. The number of nitrogens with zero attached hydrogens (tertiary/aromatic N) is 2. The highest BCUT2D eigenvalue weighted by Crippen LogP contribution is 2.10. The van der Waals surface area contributed by atoms with Crippen LogP contribution < -0.4 is 5.32 Å². The fourth-order valence-corrected chi connectivity index (χ4v) is 1.18. The van der Waals surface area contributed by atoms with Crippen molar-refractivity contribution in [2.24, 2.45) is 0 Å². The van der Waals surface area contributed by atoms with Gasteiger partial charge in [-0.1, -0.05) is 6.07 Å². The van der Waals surface area contributed by atoms with Crippen molar-refractivity contribution in [3.05, 3.63) is 30.6 Å². The maximum atomic E-state index is 10.9. The van der Waals surface area contributed by atoms with E-state index in [4.69, 9.17) is 0 Å². The van der Waals surface area contributed by atoms with Crippen molar-refractivity contribution >= 4 is 17.6 Å². The molecule has 0 saturated heterocycles. The Labute approximate surface area is 80.3 Å². The summed E-state index contributed by atoms with van der Waals surface area (Å²) in [5.41, 5.74) is 0.777. The lowest BCUT2D eigenvalue weighted by Crippen LogP contribution is -2.12. The zero-order valence-electron chi connectivity index (χ0n) is 7.60. The van der Waals surface area contributed by atoms with E-state index in [1.54, 1.807) is 10.6 Å². The van der Waals surface area contributed by atoms with Gasteiger partial charge in [-0.3, -0.25) is 9.72 Å². The van der Waals surface area contributed by atoms with Gasteiger partial charge in [-0.15, -0.1) is 0 Å². The number of fused-ring (bicyclic) bond motifs is 1. The van der Waals surface area contributed by atoms with E-state index in [1.807, 2.05) is 24.4 Å². The van der Waals surface area contributed by atoms with Crippen molar-refractivity contribution in [1.82, 2.24) is 9.38 Å².